The molecule has 0 amide bonds. The van der Waals surface area contributed by atoms with Crippen molar-refractivity contribution in [3.63, 3.8) is 0 Å². The molecule has 0 bridgehead atoms. The van der Waals surface area contributed by atoms with E-state index in [2.05, 4.69) is 23.7 Å². The van der Waals surface area contributed by atoms with Crippen molar-refractivity contribution in [2.75, 3.05) is 0 Å². The van der Waals surface area contributed by atoms with Crippen LogP contribution >= 0.6 is 0 Å². The third kappa shape index (κ3) is 3.88. The summed E-state index contributed by atoms with van der Waals surface area (Å²) >= 11 is 0. The van der Waals surface area contributed by atoms with Gasteiger partial charge in [0.1, 0.15) is 22.1 Å². The van der Waals surface area contributed by atoms with Gasteiger partial charge >= 0.3 is 0 Å². The number of rotatable bonds is 0. The van der Waals surface area contributed by atoms with E-state index in [9.17, 15) is 0 Å². The maximum Gasteiger partial charge on any atom is 0.109 e. The van der Waals surface area contributed by atoms with E-state index in [0.717, 1.165) is 33.2 Å². The molecule has 2 aromatic heterocycles. The van der Waals surface area contributed by atoms with Crippen LogP contribution in [0, 0.1) is 23.7 Å². The molecule has 0 atom stereocenters. The number of hydrogen-bond acceptors (Lipinski definition) is 4. The predicted molar refractivity (Wildman–Crippen MR) is 152 cm³/mol. The van der Waals surface area contributed by atoms with Crippen molar-refractivity contribution in [3.8, 4) is 23.7 Å². The lowest BCUT2D eigenvalue weighted by Crippen LogP contribution is -2.00. The molecule has 0 aliphatic carbocycles. The number of benzene rings is 5. The van der Waals surface area contributed by atoms with E-state index in [4.69, 9.17) is 19.9 Å². The average molecular weight is 483 g/mol. The van der Waals surface area contributed by atoms with Gasteiger partial charge in [-0.1, -0.05) is 84.3 Å². The van der Waals surface area contributed by atoms with Gasteiger partial charge in [-0.2, -0.15) is 0 Å². The van der Waals surface area contributed by atoms with Crippen molar-refractivity contribution >= 4 is 44.1 Å². The molecule has 0 unspecified atom stereocenters. The number of nitrogens with zero attached hydrogens (tertiary/aromatic N) is 4. The molecule has 4 heteroatoms. The van der Waals surface area contributed by atoms with Gasteiger partial charge in [0.2, 0.25) is 0 Å². The quantitative estimate of drug-likeness (QED) is 0.179. The molecule has 7 rings (SSSR count). The summed E-state index contributed by atoms with van der Waals surface area (Å²) in [5, 5.41) is 0. The molecular formula is C34H18N4. The lowest BCUT2D eigenvalue weighted by molar-refractivity contribution is 1.35. The molecule has 7 aromatic rings. The van der Waals surface area contributed by atoms with Crippen LogP contribution in [-0.2, 0) is 0 Å². The zero-order valence-corrected chi connectivity index (χ0v) is 20.2. The van der Waals surface area contributed by atoms with Gasteiger partial charge in [0, 0.05) is 11.1 Å². The standard InChI is InChI=1S/C34H18N4/c1-3-11-23(12-4-1)19-21-25-31-33(37-29-17-9-7-15-27(29)35-31)26(22-20-24-13-5-2-6-14-24)34-32(25)36-28-16-8-10-18-30(28)38-34/h1-18H. The summed E-state index contributed by atoms with van der Waals surface area (Å²) in [5.41, 5.74) is 9.03. The maximum atomic E-state index is 5.04. The van der Waals surface area contributed by atoms with E-state index in [1.54, 1.807) is 0 Å². The first-order valence-corrected chi connectivity index (χ1v) is 12.3. The Morgan fingerprint density at radius 1 is 0.316 bits per heavy atom. The van der Waals surface area contributed by atoms with Gasteiger partial charge in [-0.05, 0) is 48.5 Å². The van der Waals surface area contributed by atoms with E-state index in [1.165, 1.54) is 0 Å². The summed E-state index contributed by atoms with van der Waals surface area (Å²) in [6.45, 7) is 0. The summed E-state index contributed by atoms with van der Waals surface area (Å²) < 4.78 is 0. The molecule has 5 aromatic carbocycles. The Balaban J connectivity index is 1.65. The van der Waals surface area contributed by atoms with Crippen molar-refractivity contribution in [2.45, 2.75) is 0 Å². The van der Waals surface area contributed by atoms with Gasteiger partial charge in [-0.25, -0.2) is 19.9 Å². The zero-order chi connectivity index (χ0) is 25.3. The van der Waals surface area contributed by atoms with E-state index in [1.807, 2.05) is 109 Å². The molecule has 0 aliphatic rings. The normalized spacial score (nSPS) is 10.7. The highest BCUT2D eigenvalue weighted by Gasteiger charge is 2.19. The minimum absolute atomic E-state index is 0.668. The molecule has 0 radical (unpaired) electrons. The van der Waals surface area contributed by atoms with Crippen LogP contribution in [0.25, 0.3) is 44.1 Å². The molecule has 0 spiro atoms. The summed E-state index contributed by atoms with van der Waals surface area (Å²) in [6.07, 6.45) is 0. The molecule has 2 heterocycles. The topological polar surface area (TPSA) is 51.6 Å². The third-order valence-electron chi connectivity index (χ3n) is 6.30. The summed E-state index contributed by atoms with van der Waals surface area (Å²) in [5.74, 6) is 13.3. The van der Waals surface area contributed by atoms with Gasteiger partial charge in [-0.3, -0.25) is 0 Å². The fourth-order valence-corrected chi connectivity index (χ4v) is 4.47. The Hall–Kier alpha value is -5.58. The van der Waals surface area contributed by atoms with Crippen LogP contribution in [0.2, 0.25) is 0 Å². The van der Waals surface area contributed by atoms with Crippen molar-refractivity contribution in [1.82, 2.24) is 19.9 Å². The Morgan fingerprint density at radius 2 is 0.605 bits per heavy atom. The Kier molecular flexibility index (Phi) is 5.21. The molecule has 0 fully saturated rings. The minimum atomic E-state index is 0.668. The molecule has 0 saturated heterocycles. The smallest absolute Gasteiger partial charge is 0.109 e. The highest BCUT2D eigenvalue weighted by atomic mass is 14.9. The van der Waals surface area contributed by atoms with Crippen LogP contribution in [0.15, 0.2) is 109 Å². The number of hydrogen-bond donors (Lipinski definition) is 0. The van der Waals surface area contributed by atoms with Crippen LogP contribution in [0.3, 0.4) is 0 Å². The van der Waals surface area contributed by atoms with Crippen molar-refractivity contribution < 1.29 is 0 Å². The molecule has 0 saturated carbocycles. The van der Waals surface area contributed by atoms with Crippen molar-refractivity contribution in [3.05, 3.63) is 131 Å². The second-order valence-corrected chi connectivity index (χ2v) is 8.80. The maximum absolute atomic E-state index is 5.04. The highest BCUT2D eigenvalue weighted by Crippen LogP contribution is 2.31. The SMILES string of the molecule is C(#Cc1c2nc3ccccc3nc2c(C#Cc2ccccc2)c2nc3ccccc3nc12)c1ccccc1. The van der Waals surface area contributed by atoms with E-state index < -0.39 is 0 Å². The fourth-order valence-electron chi connectivity index (χ4n) is 4.47. The van der Waals surface area contributed by atoms with Gasteiger partial charge in [0.05, 0.1) is 33.2 Å². The third-order valence-corrected chi connectivity index (χ3v) is 6.30. The minimum Gasteiger partial charge on any atom is -0.243 e. The first-order valence-electron chi connectivity index (χ1n) is 12.3. The van der Waals surface area contributed by atoms with Crippen molar-refractivity contribution in [2.24, 2.45) is 0 Å². The first kappa shape index (κ1) is 21.7. The van der Waals surface area contributed by atoms with Crippen molar-refractivity contribution in [1.29, 1.82) is 0 Å². The number of fused-ring (bicyclic) bond motifs is 4. The lowest BCUT2D eigenvalue weighted by Gasteiger charge is -2.10. The van der Waals surface area contributed by atoms with Crippen LogP contribution in [-0.4, -0.2) is 19.9 Å². The van der Waals surface area contributed by atoms with Gasteiger partial charge in [0.15, 0.2) is 0 Å². The molecule has 0 N–H and O–H groups in total. The Morgan fingerprint density at radius 3 is 0.921 bits per heavy atom. The fraction of sp³-hybridized carbons (Fsp3) is 0. The molecule has 174 valence electrons. The number of aromatic nitrogens is 4. The molecular weight excluding hydrogens is 464 g/mol. The second kappa shape index (κ2) is 9.13. The van der Waals surface area contributed by atoms with Gasteiger partial charge < -0.3 is 0 Å². The van der Waals surface area contributed by atoms with Crippen LogP contribution < -0.4 is 0 Å². The predicted octanol–water partition coefficient (Wildman–Crippen LogP) is 6.68. The lowest BCUT2D eigenvalue weighted by atomic mass is 10.0. The molecule has 38 heavy (non-hydrogen) atoms. The average Bonchev–Trinajstić information content (AvgIpc) is 2.98. The second-order valence-electron chi connectivity index (χ2n) is 8.80. The Labute approximate surface area is 219 Å². The van der Waals surface area contributed by atoms with Gasteiger partial charge in [-0.15, -0.1) is 0 Å². The summed E-state index contributed by atoms with van der Waals surface area (Å²) in [6, 6.07) is 35.5. The largest absolute Gasteiger partial charge is 0.243 e. The molecule has 4 nitrogen and oxygen atoms in total. The van der Waals surface area contributed by atoms with E-state index >= 15 is 0 Å². The summed E-state index contributed by atoms with van der Waals surface area (Å²) in [7, 11) is 0. The zero-order valence-electron chi connectivity index (χ0n) is 20.2. The van der Waals surface area contributed by atoms with E-state index in [-0.39, 0.29) is 0 Å². The Bertz CT molecular complexity index is 1880. The van der Waals surface area contributed by atoms with E-state index in [0.29, 0.717) is 33.2 Å². The van der Waals surface area contributed by atoms with Gasteiger partial charge in [0.25, 0.3) is 0 Å². The number of para-hydroxylation sites is 4. The molecule has 0 aliphatic heterocycles. The van der Waals surface area contributed by atoms with Crippen LogP contribution in [0.5, 0.6) is 0 Å². The van der Waals surface area contributed by atoms with Crippen LogP contribution in [0.1, 0.15) is 22.3 Å². The highest BCUT2D eigenvalue weighted by molar-refractivity contribution is 6.07. The monoisotopic (exact) mass is 482 g/mol. The van der Waals surface area contributed by atoms with Crippen LogP contribution in [0.4, 0.5) is 0 Å². The summed E-state index contributed by atoms with van der Waals surface area (Å²) in [4.78, 5) is 20.1. The first-order chi connectivity index (χ1) is 18.8.